The number of carboxylic acids is 1. The monoisotopic (exact) mass is 205 g/mol. The quantitative estimate of drug-likeness (QED) is 0.696. The third kappa shape index (κ3) is 4.62. The van der Waals surface area contributed by atoms with Crippen LogP contribution in [0.5, 0.6) is 0 Å². The summed E-state index contributed by atoms with van der Waals surface area (Å²) in [6.45, 7) is 0. The van der Waals surface area contributed by atoms with Crippen LogP contribution in [0.4, 0.5) is 0 Å². The van der Waals surface area contributed by atoms with Crippen LogP contribution in [0.1, 0.15) is 5.56 Å². The van der Waals surface area contributed by atoms with E-state index in [0.29, 0.717) is 6.42 Å². The van der Waals surface area contributed by atoms with Crippen LogP contribution in [-0.4, -0.2) is 54.9 Å². The molecule has 3 N–H and O–H groups in total. The van der Waals surface area contributed by atoms with Gasteiger partial charge in [0.2, 0.25) is 0 Å². The average Bonchev–Trinajstić information content (AvgIpc) is 2.06. The summed E-state index contributed by atoms with van der Waals surface area (Å²) in [6.07, 6.45) is 0.385. The maximum atomic E-state index is 10.4. The SMILES string of the molecule is NC(Cc1ccccc1)C(=O)O.[Ca+2]. The van der Waals surface area contributed by atoms with Crippen molar-refractivity contribution in [3.8, 4) is 0 Å². The van der Waals surface area contributed by atoms with Gasteiger partial charge in [0.1, 0.15) is 6.04 Å². The number of carbonyl (C=O) groups is 1. The molecule has 64 valence electrons. The van der Waals surface area contributed by atoms with Gasteiger partial charge in [0.15, 0.2) is 0 Å². The topological polar surface area (TPSA) is 63.3 Å². The van der Waals surface area contributed by atoms with Crippen molar-refractivity contribution < 1.29 is 9.90 Å². The summed E-state index contributed by atoms with van der Waals surface area (Å²) in [5.74, 6) is -0.959. The van der Waals surface area contributed by atoms with E-state index in [-0.39, 0.29) is 37.7 Å². The van der Waals surface area contributed by atoms with Crippen molar-refractivity contribution in [2.75, 3.05) is 0 Å². The Labute approximate surface area is 107 Å². The Morgan fingerprint density at radius 2 is 1.92 bits per heavy atom. The molecule has 0 spiro atoms. The Kier molecular flexibility index (Phi) is 6.33. The van der Waals surface area contributed by atoms with Gasteiger partial charge in [-0.1, -0.05) is 30.3 Å². The second-order valence-corrected chi connectivity index (χ2v) is 2.63. The van der Waals surface area contributed by atoms with E-state index < -0.39 is 12.0 Å². The van der Waals surface area contributed by atoms with Crippen molar-refractivity contribution >= 4 is 43.7 Å². The third-order valence-corrected chi connectivity index (χ3v) is 1.62. The van der Waals surface area contributed by atoms with Crippen molar-refractivity contribution in [3.05, 3.63) is 35.9 Å². The van der Waals surface area contributed by atoms with Crippen LogP contribution in [-0.2, 0) is 11.2 Å². The Morgan fingerprint density at radius 3 is 2.38 bits per heavy atom. The van der Waals surface area contributed by atoms with Crippen LogP contribution in [0.2, 0.25) is 0 Å². The van der Waals surface area contributed by atoms with Gasteiger partial charge in [-0.25, -0.2) is 0 Å². The number of carboxylic acid groups (broad SMARTS) is 1. The summed E-state index contributed by atoms with van der Waals surface area (Å²) in [6, 6.07) is 8.54. The van der Waals surface area contributed by atoms with Crippen molar-refractivity contribution in [2.24, 2.45) is 5.73 Å². The van der Waals surface area contributed by atoms with Gasteiger partial charge in [0.25, 0.3) is 0 Å². The molecule has 13 heavy (non-hydrogen) atoms. The molecular weight excluding hydrogens is 194 g/mol. The van der Waals surface area contributed by atoms with Gasteiger partial charge in [0.05, 0.1) is 0 Å². The average molecular weight is 205 g/mol. The molecule has 0 bridgehead atoms. The van der Waals surface area contributed by atoms with Gasteiger partial charge in [0, 0.05) is 0 Å². The van der Waals surface area contributed by atoms with Crippen LogP contribution in [0.15, 0.2) is 30.3 Å². The molecule has 0 amide bonds. The molecule has 0 radical (unpaired) electrons. The molecule has 0 fully saturated rings. The van der Waals surface area contributed by atoms with Gasteiger partial charge in [-0.2, -0.15) is 0 Å². The maximum Gasteiger partial charge on any atom is 2.00 e. The van der Waals surface area contributed by atoms with E-state index in [2.05, 4.69) is 0 Å². The number of benzene rings is 1. The summed E-state index contributed by atoms with van der Waals surface area (Å²) in [7, 11) is 0. The smallest absolute Gasteiger partial charge is 0.480 e. The van der Waals surface area contributed by atoms with E-state index in [9.17, 15) is 4.79 Å². The molecule has 0 saturated heterocycles. The largest absolute Gasteiger partial charge is 2.00 e. The van der Waals surface area contributed by atoms with Crippen LogP contribution in [0, 0.1) is 0 Å². The van der Waals surface area contributed by atoms with Crippen LogP contribution in [0.25, 0.3) is 0 Å². The predicted octanol–water partition coefficient (Wildman–Crippen LogP) is 0.260. The van der Waals surface area contributed by atoms with Crippen LogP contribution in [0.3, 0.4) is 0 Å². The zero-order chi connectivity index (χ0) is 8.97. The number of nitrogens with two attached hydrogens (primary N) is 1. The number of hydrogen-bond donors (Lipinski definition) is 2. The minimum absolute atomic E-state index is 0. The van der Waals surface area contributed by atoms with Crippen molar-refractivity contribution in [2.45, 2.75) is 12.5 Å². The van der Waals surface area contributed by atoms with Gasteiger partial charge in [-0.15, -0.1) is 0 Å². The van der Waals surface area contributed by atoms with E-state index in [4.69, 9.17) is 10.8 Å². The fourth-order valence-corrected chi connectivity index (χ4v) is 0.955. The summed E-state index contributed by atoms with van der Waals surface area (Å²) in [4.78, 5) is 10.4. The molecule has 1 aromatic rings. The molecule has 0 aliphatic heterocycles. The first-order chi connectivity index (χ1) is 5.70. The molecule has 1 unspecified atom stereocenters. The van der Waals surface area contributed by atoms with Crippen molar-refractivity contribution in [1.82, 2.24) is 0 Å². The first-order valence-electron chi connectivity index (χ1n) is 3.72. The molecule has 4 heteroatoms. The van der Waals surface area contributed by atoms with Gasteiger partial charge in [-0.05, 0) is 12.0 Å². The molecule has 1 rings (SSSR count). The number of aliphatic carboxylic acids is 1. The van der Waals surface area contributed by atoms with Gasteiger partial charge in [-0.3, -0.25) is 4.79 Å². The zero-order valence-electron chi connectivity index (χ0n) is 7.31. The summed E-state index contributed by atoms with van der Waals surface area (Å²) < 4.78 is 0. The Hall–Kier alpha value is -0.0903. The molecule has 1 atom stereocenters. The minimum atomic E-state index is -0.959. The van der Waals surface area contributed by atoms with E-state index >= 15 is 0 Å². The molecule has 0 saturated carbocycles. The third-order valence-electron chi connectivity index (χ3n) is 1.62. The normalized spacial score (nSPS) is 11.5. The number of rotatable bonds is 3. The first-order valence-corrected chi connectivity index (χ1v) is 3.72. The molecule has 0 aromatic heterocycles. The molecule has 0 aliphatic carbocycles. The van der Waals surface area contributed by atoms with Crippen LogP contribution < -0.4 is 5.73 Å². The zero-order valence-corrected chi connectivity index (χ0v) is 9.52. The first kappa shape index (κ1) is 12.9. The fourth-order valence-electron chi connectivity index (χ4n) is 0.955. The summed E-state index contributed by atoms with van der Waals surface area (Å²) >= 11 is 0. The summed E-state index contributed by atoms with van der Waals surface area (Å²) in [5, 5.41) is 8.52. The molecule has 0 aliphatic rings. The molecule has 3 nitrogen and oxygen atoms in total. The van der Waals surface area contributed by atoms with E-state index in [1.54, 1.807) is 0 Å². The molecule has 0 heterocycles. The Morgan fingerprint density at radius 1 is 1.38 bits per heavy atom. The van der Waals surface area contributed by atoms with Gasteiger partial charge >= 0.3 is 43.7 Å². The molecule has 1 aromatic carbocycles. The standard InChI is InChI=1S/C9H11NO2.Ca/c10-8(9(11)12)6-7-4-2-1-3-5-7;/h1-5,8H,6,10H2,(H,11,12);/q;+2. The molecular formula is C9H11CaNO2+2. The minimum Gasteiger partial charge on any atom is -0.480 e. The van der Waals surface area contributed by atoms with Crippen molar-refractivity contribution in [3.63, 3.8) is 0 Å². The van der Waals surface area contributed by atoms with E-state index in [1.807, 2.05) is 30.3 Å². The fraction of sp³-hybridized carbons (Fsp3) is 0.222. The van der Waals surface area contributed by atoms with Gasteiger partial charge < -0.3 is 10.8 Å². The van der Waals surface area contributed by atoms with Crippen LogP contribution >= 0.6 is 0 Å². The Balaban J connectivity index is 0.00000144. The summed E-state index contributed by atoms with van der Waals surface area (Å²) in [5.41, 5.74) is 6.30. The van der Waals surface area contributed by atoms with E-state index in [0.717, 1.165) is 5.56 Å². The van der Waals surface area contributed by atoms with E-state index in [1.165, 1.54) is 0 Å². The maximum absolute atomic E-state index is 10.4. The second-order valence-electron chi connectivity index (χ2n) is 2.63. The second kappa shape index (κ2) is 6.38. The predicted molar refractivity (Wildman–Crippen MR) is 51.5 cm³/mol. The van der Waals surface area contributed by atoms with Crippen molar-refractivity contribution in [1.29, 1.82) is 0 Å². The Bertz CT molecular complexity index is 264. The number of hydrogen-bond acceptors (Lipinski definition) is 2.